The second-order valence-electron chi connectivity index (χ2n) is 6.99. The normalized spacial score (nSPS) is 24.8. The van der Waals surface area contributed by atoms with E-state index in [-0.39, 0.29) is 12.2 Å². The molecule has 10 nitrogen and oxygen atoms in total. The third kappa shape index (κ3) is 6.37. The molecule has 4 N–H and O–H groups in total. The summed E-state index contributed by atoms with van der Waals surface area (Å²) in [6, 6.07) is 8.19. The molecule has 0 aliphatic carbocycles. The fourth-order valence-corrected chi connectivity index (χ4v) is 5.56. The van der Waals surface area contributed by atoms with E-state index in [0.29, 0.717) is 27.8 Å². The van der Waals surface area contributed by atoms with Crippen molar-refractivity contribution in [2.75, 3.05) is 0 Å². The second kappa shape index (κ2) is 11.2. The maximum absolute atomic E-state index is 12.4. The lowest BCUT2D eigenvalue weighted by atomic mass is 9.99. The number of hydrogen-bond donors (Lipinski definition) is 4. The van der Waals surface area contributed by atoms with E-state index in [0.717, 1.165) is 0 Å². The van der Waals surface area contributed by atoms with Crippen molar-refractivity contribution in [3.63, 3.8) is 0 Å². The number of aliphatic hydroxyl groups excluding tert-OH is 3. The van der Waals surface area contributed by atoms with Crippen molar-refractivity contribution in [2.24, 2.45) is 0 Å². The van der Waals surface area contributed by atoms with Crippen LogP contribution in [0.3, 0.4) is 0 Å². The number of ether oxygens (including phenoxy) is 3. The van der Waals surface area contributed by atoms with Crippen molar-refractivity contribution in [2.45, 2.75) is 37.1 Å². The third-order valence-electron chi connectivity index (χ3n) is 4.60. The van der Waals surface area contributed by atoms with Gasteiger partial charge in [0.25, 0.3) is 0 Å². The number of carbonyl (C=O) groups excluding carboxylic acids is 2. The maximum atomic E-state index is 12.4. The zero-order valence-electron chi connectivity index (χ0n) is 16.4. The van der Waals surface area contributed by atoms with Gasteiger partial charge in [0, 0.05) is 0 Å². The molecule has 0 unspecified atom stereocenters. The summed E-state index contributed by atoms with van der Waals surface area (Å²) < 4.78 is 17.8. The third-order valence-corrected chi connectivity index (χ3v) is 7.06. The van der Waals surface area contributed by atoms with Crippen molar-refractivity contribution in [1.29, 1.82) is 0 Å². The van der Waals surface area contributed by atoms with Gasteiger partial charge in [-0.1, -0.05) is 0 Å². The number of aliphatic carboxylic acids is 1. The molecule has 13 heteroatoms. The van der Waals surface area contributed by atoms with Crippen LogP contribution in [0.5, 0.6) is 17.2 Å². The van der Waals surface area contributed by atoms with Crippen LogP contribution < -0.4 is 9.84 Å². The quantitative estimate of drug-likeness (QED) is 0.241. The van der Waals surface area contributed by atoms with Crippen LogP contribution in [0.4, 0.5) is 0 Å². The van der Waals surface area contributed by atoms with E-state index in [9.17, 15) is 35.1 Å². The lowest BCUT2D eigenvalue weighted by molar-refractivity contribution is -0.346. The summed E-state index contributed by atoms with van der Waals surface area (Å²) in [6.45, 7) is 0. The van der Waals surface area contributed by atoms with Gasteiger partial charge in [-0.2, -0.15) is 0 Å². The van der Waals surface area contributed by atoms with Gasteiger partial charge in [0.1, 0.15) is 35.9 Å². The van der Waals surface area contributed by atoms with E-state index in [4.69, 9.17) is 14.2 Å². The van der Waals surface area contributed by atoms with Gasteiger partial charge in [0.05, 0.1) is 23.1 Å². The SMILES string of the molecule is O=C(Cc1cc(I)c(Oc2ccc(O)c(I)c2)c(I)c1)O[C@@H]1O[C@H](C(=O)[O-])[C@@H](O)[C@H](O)[C@H]1O. The average Bonchev–Trinajstić information content (AvgIpc) is 2.73. The van der Waals surface area contributed by atoms with Crippen molar-refractivity contribution in [1.82, 2.24) is 0 Å². The van der Waals surface area contributed by atoms with Crippen LogP contribution in [0.15, 0.2) is 30.3 Å². The van der Waals surface area contributed by atoms with Gasteiger partial charge < -0.3 is 44.5 Å². The first-order valence-electron chi connectivity index (χ1n) is 9.22. The number of phenolic OH excluding ortho intramolecular Hbond substituents is 1. The molecule has 2 aromatic rings. The van der Waals surface area contributed by atoms with Crippen LogP contribution in [-0.2, 0) is 25.5 Å². The minimum absolute atomic E-state index is 0.140. The molecule has 1 aliphatic heterocycles. The van der Waals surface area contributed by atoms with Gasteiger partial charge >= 0.3 is 5.97 Å². The van der Waals surface area contributed by atoms with Crippen LogP contribution in [0, 0.1) is 10.7 Å². The molecular formula is C20H16I3O10-. The molecule has 1 fully saturated rings. The van der Waals surface area contributed by atoms with Crippen molar-refractivity contribution in [3.8, 4) is 17.2 Å². The number of carboxylic acid groups (broad SMARTS) is 1. The summed E-state index contributed by atoms with van der Waals surface area (Å²) in [7, 11) is 0. The van der Waals surface area contributed by atoms with Gasteiger partial charge in [0.2, 0.25) is 6.29 Å². The smallest absolute Gasteiger partial charge is 0.312 e. The molecule has 0 saturated carbocycles. The monoisotopic (exact) mass is 797 g/mol. The number of carboxylic acids is 1. The summed E-state index contributed by atoms with van der Waals surface area (Å²) in [6.07, 6.45) is -9.69. The van der Waals surface area contributed by atoms with Crippen LogP contribution in [-0.4, -0.2) is 63.1 Å². The first kappa shape index (κ1) is 26.6. The Morgan fingerprint density at radius 1 is 0.970 bits per heavy atom. The highest BCUT2D eigenvalue weighted by atomic mass is 127. The molecule has 0 spiro atoms. The van der Waals surface area contributed by atoms with E-state index in [1.807, 2.05) is 67.8 Å². The van der Waals surface area contributed by atoms with Crippen LogP contribution in [0.2, 0.25) is 0 Å². The molecule has 178 valence electrons. The minimum Gasteiger partial charge on any atom is -0.547 e. The van der Waals surface area contributed by atoms with Gasteiger partial charge in [-0.15, -0.1) is 0 Å². The first-order chi connectivity index (χ1) is 15.5. The second-order valence-corrected chi connectivity index (χ2v) is 10.5. The number of carbonyl (C=O) groups is 2. The summed E-state index contributed by atoms with van der Waals surface area (Å²) >= 11 is 6.07. The average molecular weight is 797 g/mol. The van der Waals surface area contributed by atoms with Crippen LogP contribution in [0.25, 0.3) is 0 Å². The summed E-state index contributed by atoms with van der Waals surface area (Å²) in [5.74, 6) is -1.46. The largest absolute Gasteiger partial charge is 0.547 e. The molecule has 1 aliphatic rings. The molecule has 1 saturated heterocycles. The van der Waals surface area contributed by atoms with E-state index >= 15 is 0 Å². The van der Waals surface area contributed by atoms with Gasteiger partial charge in [-0.3, -0.25) is 4.79 Å². The fraction of sp³-hybridized carbons (Fsp3) is 0.300. The van der Waals surface area contributed by atoms with Crippen molar-refractivity contribution in [3.05, 3.63) is 46.6 Å². The van der Waals surface area contributed by atoms with E-state index in [1.54, 1.807) is 24.3 Å². The maximum Gasteiger partial charge on any atom is 0.312 e. The molecule has 5 atom stereocenters. The topological polar surface area (TPSA) is 166 Å². The Bertz CT molecular complexity index is 1040. The van der Waals surface area contributed by atoms with Crippen LogP contribution in [0.1, 0.15) is 5.56 Å². The Kier molecular flexibility index (Phi) is 9.00. The zero-order valence-corrected chi connectivity index (χ0v) is 22.8. The molecule has 33 heavy (non-hydrogen) atoms. The molecule has 0 bridgehead atoms. The molecule has 0 aromatic heterocycles. The number of aromatic hydroxyl groups is 1. The zero-order chi connectivity index (χ0) is 24.4. The van der Waals surface area contributed by atoms with E-state index in [2.05, 4.69) is 0 Å². The number of esters is 1. The molecule has 0 radical (unpaired) electrons. The summed E-state index contributed by atoms with van der Waals surface area (Å²) in [5.41, 5.74) is 0.545. The summed E-state index contributed by atoms with van der Waals surface area (Å²) in [5, 5.41) is 50.1. The molecule has 0 amide bonds. The Morgan fingerprint density at radius 2 is 1.61 bits per heavy atom. The van der Waals surface area contributed by atoms with Crippen LogP contribution >= 0.6 is 67.8 Å². The lowest BCUT2D eigenvalue weighted by Crippen LogP contribution is -2.62. The van der Waals surface area contributed by atoms with E-state index in [1.165, 1.54) is 6.07 Å². The number of aliphatic hydroxyl groups is 3. The Labute approximate surface area is 228 Å². The predicted octanol–water partition coefficient (Wildman–Crippen LogP) is 0.641. The van der Waals surface area contributed by atoms with Gasteiger partial charge in [-0.05, 0) is 104 Å². The van der Waals surface area contributed by atoms with Crippen molar-refractivity contribution < 1.29 is 49.3 Å². The number of hydrogen-bond acceptors (Lipinski definition) is 10. The standard InChI is InChI=1S/C20H17I3O10/c21-9-6-8(1-2-12(9)24)31-17-10(22)3-7(4-11(17)23)5-13(25)32-20-16(28)14(26)15(27)18(33-20)19(29)30/h1-4,6,14-16,18,20,24,26-28H,5H2,(H,29,30)/p-1/t14-,15-,16+,18-,20+/m0/s1. The first-order valence-corrected chi connectivity index (χ1v) is 12.5. The molecule has 1 heterocycles. The Balaban J connectivity index is 1.70. The van der Waals surface area contributed by atoms with Gasteiger partial charge in [-0.25, -0.2) is 0 Å². The Morgan fingerprint density at radius 3 is 2.18 bits per heavy atom. The molecule has 3 rings (SSSR count). The van der Waals surface area contributed by atoms with E-state index < -0.39 is 42.6 Å². The molecular weight excluding hydrogens is 781 g/mol. The summed E-state index contributed by atoms with van der Waals surface area (Å²) in [4.78, 5) is 23.4. The lowest BCUT2D eigenvalue weighted by Gasteiger charge is -2.40. The molecule has 2 aromatic carbocycles. The predicted molar refractivity (Wildman–Crippen MR) is 134 cm³/mol. The fourth-order valence-electron chi connectivity index (χ4n) is 2.96. The minimum atomic E-state index is -1.97. The highest BCUT2D eigenvalue weighted by molar-refractivity contribution is 14.1. The number of rotatable bonds is 6. The highest BCUT2D eigenvalue weighted by Gasteiger charge is 2.46. The van der Waals surface area contributed by atoms with Gasteiger partial charge in [0.15, 0.2) is 5.75 Å². The highest BCUT2D eigenvalue weighted by Crippen LogP contribution is 2.35. The number of halogens is 3. The Hall–Kier alpha value is -0.990. The number of benzene rings is 2. The number of phenols is 1. The van der Waals surface area contributed by atoms with Crippen molar-refractivity contribution >= 4 is 79.7 Å².